The Hall–Kier alpha value is -1.80. The minimum absolute atomic E-state index is 0.339. The Balaban J connectivity index is 2.13. The van der Waals surface area contributed by atoms with Crippen molar-refractivity contribution in [1.82, 2.24) is 5.32 Å². The van der Waals surface area contributed by atoms with Crippen LogP contribution in [0.4, 0.5) is 0 Å². The first-order chi connectivity index (χ1) is 10.2. The third kappa shape index (κ3) is 2.56. The number of likely N-dealkylation sites (N-methyl/N-ethyl adjacent to an activating group) is 1. The largest absolute Gasteiger partial charge is 0.457 e. The Labute approximate surface area is 127 Å². The molecule has 0 saturated heterocycles. The lowest BCUT2D eigenvalue weighted by molar-refractivity contribution is 0.346. The molecule has 0 aliphatic carbocycles. The minimum Gasteiger partial charge on any atom is -0.457 e. The lowest BCUT2D eigenvalue weighted by Gasteiger charge is -2.36. The fourth-order valence-corrected chi connectivity index (χ4v) is 3.31. The van der Waals surface area contributed by atoms with Gasteiger partial charge in [-0.25, -0.2) is 0 Å². The highest BCUT2D eigenvalue weighted by molar-refractivity contribution is 5.54. The van der Waals surface area contributed by atoms with Crippen LogP contribution in [0, 0.1) is 5.92 Å². The predicted molar refractivity (Wildman–Crippen MR) is 87.1 cm³/mol. The number of hydrogen-bond donors (Lipinski definition) is 1. The van der Waals surface area contributed by atoms with E-state index in [1.54, 1.807) is 0 Å². The average Bonchev–Trinajstić information content (AvgIpc) is 2.50. The summed E-state index contributed by atoms with van der Waals surface area (Å²) in [4.78, 5) is 0. The summed E-state index contributed by atoms with van der Waals surface area (Å²) in [6.07, 6.45) is 0. The van der Waals surface area contributed by atoms with Gasteiger partial charge >= 0.3 is 0 Å². The van der Waals surface area contributed by atoms with Crippen molar-refractivity contribution in [3.05, 3.63) is 59.7 Å². The first kappa shape index (κ1) is 14.2. The number of nitrogens with one attached hydrogen (secondary N) is 1. The van der Waals surface area contributed by atoms with Crippen LogP contribution < -0.4 is 10.1 Å². The second kappa shape index (κ2) is 5.90. The van der Waals surface area contributed by atoms with E-state index in [0.29, 0.717) is 17.9 Å². The molecular formula is C19H23NO. The molecule has 3 rings (SSSR count). The van der Waals surface area contributed by atoms with E-state index in [1.165, 1.54) is 11.1 Å². The first-order valence-electron chi connectivity index (χ1n) is 7.81. The van der Waals surface area contributed by atoms with Crippen LogP contribution in [0.3, 0.4) is 0 Å². The summed E-state index contributed by atoms with van der Waals surface area (Å²) >= 11 is 0. The topological polar surface area (TPSA) is 21.3 Å². The molecule has 0 bridgehead atoms. The fourth-order valence-electron chi connectivity index (χ4n) is 3.31. The maximum Gasteiger partial charge on any atom is 0.131 e. The normalized spacial score (nSPS) is 15.2. The Morgan fingerprint density at radius 2 is 1.48 bits per heavy atom. The molecule has 2 aromatic carbocycles. The van der Waals surface area contributed by atoms with Gasteiger partial charge in [-0.15, -0.1) is 0 Å². The standard InChI is InChI=1S/C19H23NO/c1-4-20-19(13(2)3)18-14-9-5-7-11-16(14)21-17-12-8-6-10-15(17)18/h5-13,18-20H,4H2,1-3H3. The summed E-state index contributed by atoms with van der Waals surface area (Å²) in [7, 11) is 0. The second-order valence-corrected chi connectivity index (χ2v) is 5.98. The summed E-state index contributed by atoms with van der Waals surface area (Å²) in [6, 6.07) is 17.2. The van der Waals surface area contributed by atoms with Gasteiger partial charge in [-0.1, -0.05) is 57.2 Å². The highest BCUT2D eigenvalue weighted by Crippen LogP contribution is 2.46. The molecule has 2 heteroatoms. The van der Waals surface area contributed by atoms with Crippen LogP contribution in [0.1, 0.15) is 37.8 Å². The molecule has 1 aliphatic rings. The molecule has 2 aromatic rings. The second-order valence-electron chi connectivity index (χ2n) is 5.98. The summed E-state index contributed by atoms with van der Waals surface area (Å²) < 4.78 is 6.09. The van der Waals surface area contributed by atoms with Gasteiger partial charge in [0.2, 0.25) is 0 Å². The van der Waals surface area contributed by atoms with Crippen molar-refractivity contribution in [3.63, 3.8) is 0 Å². The van der Waals surface area contributed by atoms with Gasteiger partial charge in [-0.2, -0.15) is 0 Å². The average molecular weight is 281 g/mol. The van der Waals surface area contributed by atoms with Crippen molar-refractivity contribution in [2.45, 2.75) is 32.7 Å². The molecule has 0 aromatic heterocycles. The zero-order valence-electron chi connectivity index (χ0n) is 13.0. The Kier molecular flexibility index (Phi) is 3.98. The van der Waals surface area contributed by atoms with Crippen LogP contribution in [-0.2, 0) is 0 Å². The van der Waals surface area contributed by atoms with Crippen LogP contribution in [0.25, 0.3) is 0 Å². The molecule has 1 aliphatic heterocycles. The predicted octanol–water partition coefficient (Wildman–Crippen LogP) is 4.56. The highest BCUT2D eigenvalue weighted by Gasteiger charge is 2.34. The zero-order chi connectivity index (χ0) is 14.8. The van der Waals surface area contributed by atoms with E-state index in [-0.39, 0.29) is 0 Å². The van der Waals surface area contributed by atoms with Crippen LogP contribution in [0.2, 0.25) is 0 Å². The van der Waals surface area contributed by atoms with Crippen molar-refractivity contribution in [3.8, 4) is 11.5 Å². The SMILES string of the molecule is CCNC(C(C)C)C1c2ccccc2Oc2ccccc21. The minimum atomic E-state index is 0.339. The first-order valence-corrected chi connectivity index (χ1v) is 7.81. The lowest BCUT2D eigenvalue weighted by Crippen LogP contribution is -2.40. The summed E-state index contributed by atoms with van der Waals surface area (Å²) in [6.45, 7) is 7.72. The van der Waals surface area contributed by atoms with Crippen LogP contribution >= 0.6 is 0 Å². The van der Waals surface area contributed by atoms with Gasteiger partial charge in [0, 0.05) is 23.1 Å². The van der Waals surface area contributed by atoms with Gasteiger partial charge < -0.3 is 10.1 Å². The van der Waals surface area contributed by atoms with Crippen molar-refractivity contribution in [1.29, 1.82) is 0 Å². The van der Waals surface area contributed by atoms with Crippen molar-refractivity contribution in [2.24, 2.45) is 5.92 Å². The molecule has 0 spiro atoms. The van der Waals surface area contributed by atoms with Gasteiger partial charge in [-0.3, -0.25) is 0 Å². The van der Waals surface area contributed by atoms with Crippen molar-refractivity contribution < 1.29 is 4.74 Å². The fraction of sp³-hybridized carbons (Fsp3) is 0.368. The molecule has 0 saturated carbocycles. The zero-order valence-corrected chi connectivity index (χ0v) is 13.0. The molecule has 110 valence electrons. The molecule has 21 heavy (non-hydrogen) atoms. The van der Waals surface area contributed by atoms with Gasteiger partial charge in [-0.05, 0) is 24.6 Å². The van der Waals surface area contributed by atoms with E-state index in [2.05, 4.69) is 62.5 Å². The number of rotatable bonds is 4. The summed E-state index contributed by atoms with van der Waals surface area (Å²) in [5.41, 5.74) is 2.58. The van der Waals surface area contributed by atoms with Gasteiger partial charge in [0.25, 0.3) is 0 Å². The van der Waals surface area contributed by atoms with Crippen LogP contribution in [0.15, 0.2) is 48.5 Å². The van der Waals surface area contributed by atoms with E-state index in [9.17, 15) is 0 Å². The summed E-state index contributed by atoms with van der Waals surface area (Å²) in [5.74, 6) is 2.87. The number of hydrogen-bond acceptors (Lipinski definition) is 2. The third-order valence-electron chi connectivity index (χ3n) is 4.25. The smallest absolute Gasteiger partial charge is 0.131 e. The van der Waals surface area contributed by atoms with Gasteiger partial charge in [0.05, 0.1) is 0 Å². The third-order valence-corrected chi connectivity index (χ3v) is 4.25. The molecule has 2 nitrogen and oxygen atoms in total. The van der Waals surface area contributed by atoms with E-state index in [1.807, 2.05) is 12.1 Å². The molecular weight excluding hydrogens is 258 g/mol. The number of fused-ring (bicyclic) bond motifs is 2. The molecule has 1 atom stereocenters. The van der Waals surface area contributed by atoms with Crippen molar-refractivity contribution in [2.75, 3.05) is 6.54 Å². The molecule has 1 unspecified atom stereocenters. The van der Waals surface area contributed by atoms with Gasteiger partial charge in [0.1, 0.15) is 11.5 Å². The van der Waals surface area contributed by atoms with Crippen LogP contribution in [0.5, 0.6) is 11.5 Å². The number of ether oxygens (including phenoxy) is 1. The maximum atomic E-state index is 6.09. The number of para-hydroxylation sites is 2. The van der Waals surface area contributed by atoms with E-state index < -0.39 is 0 Å². The monoisotopic (exact) mass is 281 g/mol. The quantitative estimate of drug-likeness (QED) is 0.887. The Morgan fingerprint density at radius 3 is 1.95 bits per heavy atom. The van der Waals surface area contributed by atoms with E-state index in [0.717, 1.165) is 18.0 Å². The maximum absolute atomic E-state index is 6.09. The van der Waals surface area contributed by atoms with Crippen molar-refractivity contribution >= 4 is 0 Å². The number of benzene rings is 2. The summed E-state index contributed by atoms with van der Waals surface area (Å²) in [5, 5.41) is 3.68. The van der Waals surface area contributed by atoms with Gasteiger partial charge in [0.15, 0.2) is 0 Å². The highest BCUT2D eigenvalue weighted by atomic mass is 16.5. The van der Waals surface area contributed by atoms with Crippen LogP contribution in [-0.4, -0.2) is 12.6 Å². The lowest BCUT2D eigenvalue weighted by atomic mass is 9.78. The Bertz CT molecular complexity index is 575. The van der Waals surface area contributed by atoms with E-state index >= 15 is 0 Å². The van der Waals surface area contributed by atoms with E-state index in [4.69, 9.17) is 4.74 Å². The Morgan fingerprint density at radius 1 is 0.952 bits per heavy atom. The molecule has 0 fully saturated rings. The molecule has 1 N–H and O–H groups in total. The molecule has 1 heterocycles. The molecule has 0 amide bonds. The molecule has 0 radical (unpaired) electrons.